The predicted octanol–water partition coefficient (Wildman–Crippen LogP) is 5.85. The van der Waals surface area contributed by atoms with Crippen LogP contribution in [0.3, 0.4) is 0 Å². The van der Waals surface area contributed by atoms with E-state index in [2.05, 4.69) is 20.6 Å². The Bertz CT molecular complexity index is 1560. The van der Waals surface area contributed by atoms with Crippen molar-refractivity contribution in [2.75, 3.05) is 12.4 Å². The first-order valence-corrected chi connectivity index (χ1v) is 13.6. The van der Waals surface area contributed by atoms with Crippen LogP contribution in [0.15, 0.2) is 54.6 Å². The molecule has 0 saturated carbocycles. The lowest BCUT2D eigenvalue weighted by Gasteiger charge is -2.14. The van der Waals surface area contributed by atoms with E-state index in [9.17, 15) is 19.2 Å². The summed E-state index contributed by atoms with van der Waals surface area (Å²) in [7, 11) is 1.31. The number of methoxy groups -OCH3 is 1. The van der Waals surface area contributed by atoms with Crippen LogP contribution in [0.5, 0.6) is 0 Å². The number of anilines is 1. The zero-order valence-electron chi connectivity index (χ0n) is 22.4. The number of rotatable bonds is 6. The van der Waals surface area contributed by atoms with E-state index in [0.29, 0.717) is 57.3 Å². The van der Waals surface area contributed by atoms with Crippen molar-refractivity contribution in [1.82, 2.24) is 15.3 Å². The van der Waals surface area contributed by atoms with Gasteiger partial charge in [0.15, 0.2) is 5.78 Å². The minimum absolute atomic E-state index is 0.0344. The molecule has 0 radical (unpaired) electrons. The van der Waals surface area contributed by atoms with Gasteiger partial charge >= 0.3 is 5.97 Å². The molecular formula is C30H28Cl2N4O5. The number of carbonyl (C=O) groups excluding carboxylic acids is 4. The predicted molar refractivity (Wildman–Crippen MR) is 158 cm³/mol. The molecule has 3 N–H and O–H groups in total. The maximum atomic E-state index is 13.0. The highest BCUT2D eigenvalue weighted by atomic mass is 35.5. The molecular weight excluding hydrogens is 567 g/mol. The third-order valence-electron chi connectivity index (χ3n) is 6.40. The number of hydrogen-bond donors (Lipinski definition) is 3. The summed E-state index contributed by atoms with van der Waals surface area (Å²) >= 11 is 12.7. The second-order valence-electron chi connectivity index (χ2n) is 9.39. The summed E-state index contributed by atoms with van der Waals surface area (Å²) in [6.07, 6.45) is 7.71. The average Bonchev–Trinajstić information content (AvgIpc) is 3.31. The zero-order chi connectivity index (χ0) is 29.5. The van der Waals surface area contributed by atoms with Gasteiger partial charge in [0.2, 0.25) is 11.8 Å². The molecule has 2 heterocycles. The number of imidazole rings is 1. The van der Waals surface area contributed by atoms with Crippen LogP contribution in [-0.2, 0) is 25.5 Å². The number of ether oxygens (including phenoxy) is 1. The Morgan fingerprint density at radius 3 is 2.71 bits per heavy atom. The molecule has 1 aliphatic heterocycles. The van der Waals surface area contributed by atoms with Crippen LogP contribution in [0.2, 0.25) is 10.2 Å². The van der Waals surface area contributed by atoms with E-state index >= 15 is 0 Å². The number of hydrogen-bond acceptors (Lipinski definition) is 6. The van der Waals surface area contributed by atoms with Gasteiger partial charge in [0.1, 0.15) is 16.7 Å². The van der Waals surface area contributed by atoms with Gasteiger partial charge in [-0.2, -0.15) is 0 Å². The van der Waals surface area contributed by atoms with Crippen molar-refractivity contribution in [3.8, 4) is 11.3 Å². The molecule has 2 amide bonds. The molecule has 0 fully saturated rings. The second-order valence-corrected chi connectivity index (χ2v) is 10.2. The average molecular weight is 595 g/mol. The number of ketones is 1. The number of amides is 2. The topological polar surface area (TPSA) is 130 Å². The number of aromatic nitrogens is 2. The number of allylic oxidation sites excluding steroid dienone is 1. The lowest BCUT2D eigenvalue weighted by molar-refractivity contribution is -0.139. The number of H-pyrrole nitrogens is 1. The van der Waals surface area contributed by atoms with Crippen molar-refractivity contribution in [3.63, 3.8) is 0 Å². The largest absolute Gasteiger partial charge is 0.469 e. The quantitative estimate of drug-likeness (QED) is 0.142. The number of benzene rings is 2. The Balaban J connectivity index is 1.65. The monoisotopic (exact) mass is 594 g/mol. The van der Waals surface area contributed by atoms with Gasteiger partial charge in [-0.3, -0.25) is 19.2 Å². The Morgan fingerprint density at radius 2 is 1.95 bits per heavy atom. The van der Waals surface area contributed by atoms with Crippen molar-refractivity contribution in [1.29, 1.82) is 0 Å². The first kappa shape index (κ1) is 29.8. The standard InChI is InChI=1S/C30H28Cl2N4O5/c1-17(37)21-12-10-20(31)16-19(21)9-13-26(39)33-23-6-4-3-5-7-25(38)34-24-14-18(15-27(40)41-2)8-11-22(24)28-29(32)36-30(23)35-28/h3-4,8-14,16,23H,5-7,15H2,1-2H3,(H,33,39)(H,34,38)(H,35,36)/b4-3+,13-9+/t23-/m0/s1. The fourth-order valence-corrected chi connectivity index (χ4v) is 4.78. The lowest BCUT2D eigenvalue weighted by atomic mass is 10.0. The molecule has 0 saturated heterocycles. The Kier molecular flexibility index (Phi) is 9.75. The molecule has 1 aliphatic rings. The summed E-state index contributed by atoms with van der Waals surface area (Å²) in [6, 6.07) is 9.44. The van der Waals surface area contributed by atoms with E-state index < -0.39 is 17.9 Å². The fourth-order valence-electron chi connectivity index (χ4n) is 4.36. The van der Waals surface area contributed by atoms with E-state index in [1.165, 1.54) is 26.2 Å². The molecule has 2 bridgehead atoms. The number of carbonyl (C=O) groups is 4. The van der Waals surface area contributed by atoms with E-state index in [-0.39, 0.29) is 29.7 Å². The normalized spacial score (nSPS) is 16.0. The Morgan fingerprint density at radius 1 is 1.15 bits per heavy atom. The van der Waals surface area contributed by atoms with Gasteiger partial charge in [0.25, 0.3) is 0 Å². The van der Waals surface area contributed by atoms with Crippen LogP contribution in [-0.4, -0.2) is 40.6 Å². The van der Waals surface area contributed by atoms with Crippen molar-refractivity contribution in [2.24, 2.45) is 0 Å². The minimum atomic E-state index is -0.576. The van der Waals surface area contributed by atoms with Crippen molar-refractivity contribution >= 4 is 58.5 Å². The molecule has 0 spiro atoms. The number of esters is 1. The number of halogens is 2. The van der Waals surface area contributed by atoms with E-state index in [0.717, 1.165) is 0 Å². The van der Waals surface area contributed by atoms with Crippen molar-refractivity contribution in [3.05, 3.63) is 87.3 Å². The van der Waals surface area contributed by atoms with E-state index in [1.807, 2.05) is 12.2 Å². The number of aromatic amines is 1. The van der Waals surface area contributed by atoms with Crippen LogP contribution in [0.1, 0.15) is 59.5 Å². The molecule has 4 rings (SSSR count). The molecule has 41 heavy (non-hydrogen) atoms. The molecule has 3 aromatic rings. The summed E-state index contributed by atoms with van der Waals surface area (Å²) in [5, 5.41) is 6.49. The number of nitrogens with one attached hydrogen (secondary N) is 3. The van der Waals surface area contributed by atoms with Gasteiger partial charge < -0.3 is 20.4 Å². The van der Waals surface area contributed by atoms with Gasteiger partial charge in [-0.1, -0.05) is 47.5 Å². The molecule has 1 aromatic heterocycles. The maximum Gasteiger partial charge on any atom is 0.309 e. The molecule has 1 atom stereocenters. The molecule has 2 aromatic carbocycles. The lowest BCUT2D eigenvalue weighted by Crippen LogP contribution is -2.27. The van der Waals surface area contributed by atoms with Crippen LogP contribution in [0.4, 0.5) is 5.69 Å². The van der Waals surface area contributed by atoms with Gasteiger partial charge in [0.05, 0.1) is 25.3 Å². The number of Topliss-reactive ketones (excluding diaryl/α,β-unsaturated/α-hetero) is 1. The highest BCUT2D eigenvalue weighted by Gasteiger charge is 2.22. The number of nitrogens with zero attached hydrogens (tertiary/aromatic N) is 1. The first-order chi connectivity index (χ1) is 19.6. The van der Waals surface area contributed by atoms with E-state index in [1.54, 1.807) is 36.4 Å². The first-order valence-electron chi connectivity index (χ1n) is 12.8. The van der Waals surface area contributed by atoms with Gasteiger partial charge in [0, 0.05) is 28.6 Å². The maximum absolute atomic E-state index is 13.0. The zero-order valence-corrected chi connectivity index (χ0v) is 23.9. The third kappa shape index (κ3) is 7.71. The second kappa shape index (κ2) is 13.4. The molecule has 212 valence electrons. The molecule has 9 nitrogen and oxygen atoms in total. The Hall–Kier alpha value is -4.21. The molecule has 11 heteroatoms. The highest BCUT2D eigenvalue weighted by molar-refractivity contribution is 6.32. The molecule has 0 unspecified atom stereocenters. The van der Waals surface area contributed by atoms with Crippen LogP contribution < -0.4 is 10.6 Å². The summed E-state index contributed by atoms with van der Waals surface area (Å²) in [5.74, 6) is -0.768. The number of fused-ring (bicyclic) bond motifs is 4. The van der Waals surface area contributed by atoms with Crippen LogP contribution in [0, 0.1) is 0 Å². The summed E-state index contributed by atoms with van der Waals surface area (Å²) < 4.78 is 4.76. The van der Waals surface area contributed by atoms with Gasteiger partial charge in [-0.15, -0.1) is 0 Å². The smallest absolute Gasteiger partial charge is 0.309 e. The summed E-state index contributed by atoms with van der Waals surface area (Å²) in [6.45, 7) is 1.44. The van der Waals surface area contributed by atoms with Crippen molar-refractivity contribution < 1.29 is 23.9 Å². The van der Waals surface area contributed by atoms with Gasteiger partial charge in [-0.25, -0.2) is 4.98 Å². The van der Waals surface area contributed by atoms with Gasteiger partial charge in [-0.05, 0) is 61.2 Å². The van der Waals surface area contributed by atoms with Crippen LogP contribution >= 0.6 is 23.2 Å². The highest BCUT2D eigenvalue weighted by Crippen LogP contribution is 2.35. The SMILES string of the molecule is COC(=O)Cc1ccc2c(c1)NC(=O)CC/C=C/C[C@H](NC(=O)/C=C/c1cc(Cl)ccc1C(C)=O)c1nc-2c(Cl)[nH]1. The van der Waals surface area contributed by atoms with Crippen LogP contribution in [0.25, 0.3) is 17.3 Å². The minimum Gasteiger partial charge on any atom is -0.469 e. The van der Waals surface area contributed by atoms with Crippen molar-refractivity contribution in [2.45, 2.75) is 38.6 Å². The molecule has 0 aliphatic carbocycles. The fraction of sp³-hybridized carbons (Fsp3) is 0.233. The summed E-state index contributed by atoms with van der Waals surface area (Å²) in [4.78, 5) is 57.2. The third-order valence-corrected chi connectivity index (χ3v) is 6.91. The summed E-state index contributed by atoms with van der Waals surface area (Å²) in [5.41, 5.74) is 3.00. The Labute approximate surface area is 247 Å². The van der Waals surface area contributed by atoms with E-state index in [4.69, 9.17) is 27.9 Å².